The maximum atomic E-state index is 11.7. The van der Waals surface area contributed by atoms with E-state index in [-0.39, 0.29) is 24.3 Å². The largest absolute Gasteiger partial charge is 0.393 e. The highest BCUT2D eigenvalue weighted by Crippen LogP contribution is 2.12. The Kier molecular flexibility index (Phi) is 5.34. The van der Waals surface area contributed by atoms with E-state index in [1.807, 2.05) is 5.38 Å². The summed E-state index contributed by atoms with van der Waals surface area (Å²) in [6, 6.07) is 0. The Labute approximate surface area is 105 Å². The van der Waals surface area contributed by atoms with Crippen molar-refractivity contribution in [2.75, 3.05) is 19.6 Å². The number of ketones is 1. The third-order valence-corrected chi connectivity index (χ3v) is 3.41. The molecule has 1 fully saturated rings. The van der Waals surface area contributed by atoms with E-state index in [0.717, 1.165) is 25.9 Å². The second-order valence-corrected chi connectivity index (χ2v) is 4.66. The molecule has 2 heterocycles. The average Bonchev–Trinajstić information content (AvgIpc) is 2.74. The zero-order valence-electron chi connectivity index (χ0n) is 8.83. The molecule has 90 valence electrons. The van der Waals surface area contributed by atoms with E-state index < -0.39 is 0 Å². The van der Waals surface area contributed by atoms with Crippen molar-refractivity contribution in [2.45, 2.75) is 18.9 Å². The van der Waals surface area contributed by atoms with Crippen molar-refractivity contribution in [3.8, 4) is 0 Å². The molecule has 1 N–H and O–H groups in total. The van der Waals surface area contributed by atoms with Gasteiger partial charge in [-0.2, -0.15) is 0 Å². The van der Waals surface area contributed by atoms with Crippen LogP contribution in [0.1, 0.15) is 22.6 Å². The van der Waals surface area contributed by atoms with Crippen molar-refractivity contribution < 1.29 is 9.90 Å². The maximum Gasteiger partial charge on any atom is 0.205 e. The number of piperidine rings is 1. The number of aliphatic hydroxyl groups is 1. The Hall–Kier alpha value is -0.490. The number of aromatic nitrogens is 1. The second kappa shape index (κ2) is 6.30. The van der Waals surface area contributed by atoms with E-state index in [4.69, 9.17) is 0 Å². The van der Waals surface area contributed by atoms with Gasteiger partial charge in [-0.25, -0.2) is 4.98 Å². The van der Waals surface area contributed by atoms with Gasteiger partial charge in [-0.3, -0.25) is 9.69 Å². The number of rotatable bonds is 3. The van der Waals surface area contributed by atoms with E-state index in [9.17, 15) is 9.90 Å². The summed E-state index contributed by atoms with van der Waals surface area (Å²) in [5.74, 6) is 0.0846. The number of carbonyl (C=O) groups excluding carboxylic acids is 1. The molecule has 0 aliphatic carbocycles. The van der Waals surface area contributed by atoms with Gasteiger partial charge >= 0.3 is 0 Å². The summed E-state index contributed by atoms with van der Waals surface area (Å²) in [4.78, 5) is 17.8. The molecule has 0 saturated carbocycles. The number of nitrogens with zero attached hydrogens (tertiary/aromatic N) is 2. The first-order chi connectivity index (χ1) is 7.25. The molecule has 0 unspecified atom stereocenters. The number of hydrogen-bond acceptors (Lipinski definition) is 5. The lowest BCUT2D eigenvalue weighted by Gasteiger charge is -2.28. The van der Waals surface area contributed by atoms with Crippen LogP contribution in [0.2, 0.25) is 0 Å². The summed E-state index contributed by atoms with van der Waals surface area (Å²) in [5, 5.41) is 11.7. The van der Waals surface area contributed by atoms with Gasteiger partial charge in [-0.05, 0) is 12.8 Å². The van der Waals surface area contributed by atoms with E-state index >= 15 is 0 Å². The van der Waals surface area contributed by atoms with Crippen molar-refractivity contribution in [1.82, 2.24) is 9.88 Å². The minimum absolute atomic E-state index is 0. The maximum absolute atomic E-state index is 11.7. The second-order valence-electron chi connectivity index (χ2n) is 3.77. The zero-order valence-corrected chi connectivity index (χ0v) is 10.5. The normalized spacial score (nSPS) is 18.1. The number of likely N-dealkylation sites (tertiary alicyclic amines) is 1. The average molecular weight is 263 g/mol. The minimum Gasteiger partial charge on any atom is -0.393 e. The van der Waals surface area contributed by atoms with Gasteiger partial charge < -0.3 is 5.11 Å². The molecule has 1 aliphatic heterocycles. The SMILES string of the molecule is Cl.O=C(CN1CCC(O)CC1)c1nccs1. The molecule has 0 spiro atoms. The molecule has 6 heteroatoms. The number of halogens is 1. The van der Waals surface area contributed by atoms with Crippen LogP contribution in [0.3, 0.4) is 0 Å². The smallest absolute Gasteiger partial charge is 0.205 e. The van der Waals surface area contributed by atoms with E-state index in [1.165, 1.54) is 11.3 Å². The number of aliphatic hydroxyl groups excluding tert-OH is 1. The summed E-state index contributed by atoms with van der Waals surface area (Å²) in [5.41, 5.74) is 0. The van der Waals surface area contributed by atoms with Gasteiger partial charge in [-0.1, -0.05) is 0 Å². The molecular weight excluding hydrogens is 248 g/mol. The van der Waals surface area contributed by atoms with Crippen LogP contribution in [0.5, 0.6) is 0 Å². The van der Waals surface area contributed by atoms with E-state index in [1.54, 1.807) is 6.20 Å². The first-order valence-corrected chi connectivity index (χ1v) is 5.97. The van der Waals surface area contributed by atoms with Crippen LogP contribution < -0.4 is 0 Å². The zero-order chi connectivity index (χ0) is 10.7. The number of Topliss-reactive ketones (excluding diaryl/α,β-unsaturated/α-hetero) is 1. The Morgan fingerprint density at radius 3 is 2.81 bits per heavy atom. The summed E-state index contributed by atoms with van der Waals surface area (Å²) < 4.78 is 0. The van der Waals surface area contributed by atoms with Crippen LogP contribution in [0, 0.1) is 0 Å². The van der Waals surface area contributed by atoms with Gasteiger partial charge in [-0.15, -0.1) is 23.7 Å². The lowest BCUT2D eigenvalue weighted by Crippen LogP contribution is -2.38. The van der Waals surface area contributed by atoms with Crippen molar-refractivity contribution in [3.63, 3.8) is 0 Å². The third-order valence-electron chi connectivity index (χ3n) is 2.60. The van der Waals surface area contributed by atoms with Gasteiger partial charge in [0.25, 0.3) is 0 Å². The Morgan fingerprint density at radius 1 is 1.56 bits per heavy atom. The Bertz CT molecular complexity index is 324. The Morgan fingerprint density at radius 2 is 2.25 bits per heavy atom. The number of thiazole rings is 1. The Balaban J connectivity index is 0.00000128. The standard InChI is InChI=1S/C10H14N2O2S.ClH/c13-8-1-4-12(5-2-8)7-9(14)10-11-3-6-15-10;/h3,6,8,13H,1-2,4-5,7H2;1H. The monoisotopic (exact) mass is 262 g/mol. The van der Waals surface area contributed by atoms with Crippen molar-refractivity contribution >= 4 is 29.5 Å². The van der Waals surface area contributed by atoms with Gasteiger partial charge in [0.05, 0.1) is 12.6 Å². The quantitative estimate of drug-likeness (QED) is 0.832. The molecule has 0 bridgehead atoms. The minimum atomic E-state index is -0.184. The fourth-order valence-corrected chi connectivity index (χ4v) is 2.28. The van der Waals surface area contributed by atoms with Crippen molar-refractivity contribution in [3.05, 3.63) is 16.6 Å². The van der Waals surface area contributed by atoms with Crippen LogP contribution in [0.4, 0.5) is 0 Å². The molecule has 1 saturated heterocycles. The summed E-state index contributed by atoms with van der Waals surface area (Å²) in [6.07, 6.45) is 3.00. The number of hydrogen-bond donors (Lipinski definition) is 1. The predicted molar refractivity (Wildman–Crippen MR) is 65.4 cm³/mol. The molecule has 1 aliphatic rings. The van der Waals surface area contributed by atoms with E-state index in [0.29, 0.717) is 11.6 Å². The van der Waals surface area contributed by atoms with Crippen LogP contribution in [0.25, 0.3) is 0 Å². The first kappa shape index (κ1) is 13.6. The fourth-order valence-electron chi connectivity index (χ4n) is 1.71. The molecule has 0 atom stereocenters. The molecule has 1 aromatic heterocycles. The number of carbonyl (C=O) groups is 1. The predicted octanol–water partition coefficient (Wildman–Crippen LogP) is 1.20. The highest BCUT2D eigenvalue weighted by Gasteiger charge is 2.20. The van der Waals surface area contributed by atoms with Gasteiger partial charge in [0.2, 0.25) is 5.78 Å². The summed E-state index contributed by atoms with van der Waals surface area (Å²) >= 11 is 1.38. The molecule has 0 radical (unpaired) electrons. The van der Waals surface area contributed by atoms with Crippen LogP contribution in [-0.4, -0.2) is 46.5 Å². The van der Waals surface area contributed by atoms with Crippen molar-refractivity contribution in [1.29, 1.82) is 0 Å². The lowest BCUT2D eigenvalue weighted by atomic mass is 10.1. The van der Waals surface area contributed by atoms with Gasteiger partial charge in [0.1, 0.15) is 0 Å². The molecule has 2 rings (SSSR count). The van der Waals surface area contributed by atoms with Crippen LogP contribution >= 0.6 is 23.7 Å². The first-order valence-electron chi connectivity index (χ1n) is 5.09. The highest BCUT2D eigenvalue weighted by atomic mass is 35.5. The van der Waals surface area contributed by atoms with Gasteiger partial charge in [0.15, 0.2) is 5.01 Å². The molecule has 0 amide bonds. The fraction of sp³-hybridized carbons (Fsp3) is 0.600. The lowest BCUT2D eigenvalue weighted by molar-refractivity contribution is 0.0711. The van der Waals surface area contributed by atoms with Gasteiger partial charge in [0, 0.05) is 24.7 Å². The van der Waals surface area contributed by atoms with E-state index in [2.05, 4.69) is 9.88 Å². The van der Waals surface area contributed by atoms with Crippen LogP contribution in [-0.2, 0) is 0 Å². The van der Waals surface area contributed by atoms with Crippen LogP contribution in [0.15, 0.2) is 11.6 Å². The molecular formula is C10H15ClN2O2S. The topological polar surface area (TPSA) is 53.4 Å². The highest BCUT2D eigenvalue weighted by molar-refractivity contribution is 7.11. The van der Waals surface area contributed by atoms with Crippen molar-refractivity contribution in [2.24, 2.45) is 0 Å². The molecule has 16 heavy (non-hydrogen) atoms. The molecule has 4 nitrogen and oxygen atoms in total. The summed E-state index contributed by atoms with van der Waals surface area (Å²) in [7, 11) is 0. The molecule has 1 aromatic rings. The third kappa shape index (κ3) is 3.52. The molecule has 0 aromatic carbocycles. The summed E-state index contributed by atoms with van der Waals surface area (Å²) in [6.45, 7) is 2.04.